The Morgan fingerprint density at radius 2 is 1.23 bits per heavy atom. The van der Waals surface area contributed by atoms with Gasteiger partial charge >= 0.3 is 7.82 Å². The molecule has 0 radical (unpaired) electrons. The molecule has 8 nitrogen and oxygen atoms in total. The highest BCUT2D eigenvalue weighted by Gasteiger charge is 2.27. The molecule has 0 aliphatic rings. The predicted octanol–water partition coefficient (Wildman–Crippen LogP) is 8.46. The Hall–Kier alpha value is -0.760. The van der Waals surface area contributed by atoms with E-state index in [0.29, 0.717) is 17.4 Å². The van der Waals surface area contributed by atoms with Gasteiger partial charge in [-0.25, -0.2) is 4.57 Å². The maximum atomic E-state index is 12.7. The standard InChI is InChI=1S/C34H69N2O6P/c1-6-8-10-12-14-16-17-18-20-22-24-26-28-34(38)35-32(31-42-43(39,40)41-30-29-36(3,4)5)33(37)27-25-23-21-19-15-13-11-9-7-2/h25,27,32-33,37H,6-24,26,28-31H2,1-5H3,(H-,35,38,39,40)/p+1/b27-25+. The number of unbranched alkanes of at least 4 members (excludes halogenated alkanes) is 18. The number of hydrogen-bond acceptors (Lipinski definition) is 5. The van der Waals surface area contributed by atoms with Crippen molar-refractivity contribution in [3.8, 4) is 0 Å². The number of allylic oxidation sites excluding steroid dienone is 1. The van der Waals surface area contributed by atoms with Gasteiger partial charge in [0.15, 0.2) is 0 Å². The number of phosphoric ester groups is 1. The molecule has 0 fully saturated rings. The van der Waals surface area contributed by atoms with Gasteiger partial charge in [-0.2, -0.15) is 0 Å². The first-order chi connectivity index (χ1) is 20.5. The van der Waals surface area contributed by atoms with E-state index in [1.54, 1.807) is 6.08 Å². The summed E-state index contributed by atoms with van der Waals surface area (Å²) in [7, 11) is 1.57. The Bertz CT molecular complexity index is 728. The summed E-state index contributed by atoms with van der Waals surface area (Å²) in [6.07, 6.45) is 27.0. The first kappa shape index (κ1) is 42.2. The van der Waals surface area contributed by atoms with Crippen molar-refractivity contribution >= 4 is 13.7 Å². The molecule has 0 aromatic carbocycles. The Labute approximate surface area is 265 Å². The molecule has 0 saturated heterocycles. The average molecular weight is 634 g/mol. The monoisotopic (exact) mass is 633 g/mol. The molecule has 3 unspecified atom stereocenters. The molecule has 0 rings (SSSR count). The van der Waals surface area contributed by atoms with Gasteiger partial charge in [-0.05, 0) is 19.3 Å². The van der Waals surface area contributed by atoms with E-state index in [1.807, 2.05) is 27.2 Å². The van der Waals surface area contributed by atoms with Gasteiger partial charge in [-0.3, -0.25) is 13.8 Å². The number of phosphoric acid groups is 1. The van der Waals surface area contributed by atoms with E-state index in [1.165, 1.54) is 89.9 Å². The summed E-state index contributed by atoms with van der Waals surface area (Å²) in [5.74, 6) is -0.182. The lowest BCUT2D eigenvalue weighted by Gasteiger charge is -2.25. The van der Waals surface area contributed by atoms with Crippen LogP contribution < -0.4 is 5.32 Å². The average Bonchev–Trinajstić information content (AvgIpc) is 2.94. The molecular formula is C34H70N2O6P+. The molecule has 0 aromatic rings. The summed E-state index contributed by atoms with van der Waals surface area (Å²) >= 11 is 0. The highest BCUT2D eigenvalue weighted by Crippen LogP contribution is 2.43. The summed E-state index contributed by atoms with van der Waals surface area (Å²) in [5.41, 5.74) is 0. The molecule has 3 atom stereocenters. The minimum atomic E-state index is -4.31. The maximum absolute atomic E-state index is 12.7. The fourth-order valence-corrected chi connectivity index (χ4v) is 5.60. The van der Waals surface area contributed by atoms with Crippen molar-refractivity contribution in [1.29, 1.82) is 0 Å². The van der Waals surface area contributed by atoms with Crippen LogP contribution in [-0.2, 0) is 18.4 Å². The zero-order valence-electron chi connectivity index (χ0n) is 28.7. The largest absolute Gasteiger partial charge is 0.472 e. The molecular weight excluding hydrogens is 563 g/mol. The van der Waals surface area contributed by atoms with Crippen molar-refractivity contribution in [2.45, 2.75) is 161 Å². The highest BCUT2D eigenvalue weighted by molar-refractivity contribution is 7.47. The lowest BCUT2D eigenvalue weighted by Crippen LogP contribution is -2.45. The zero-order chi connectivity index (χ0) is 32.2. The van der Waals surface area contributed by atoms with Crippen molar-refractivity contribution in [1.82, 2.24) is 5.32 Å². The van der Waals surface area contributed by atoms with Crippen LogP contribution in [0.3, 0.4) is 0 Å². The van der Waals surface area contributed by atoms with Gasteiger partial charge in [0, 0.05) is 6.42 Å². The SMILES string of the molecule is CCCCCCCCC/C=C/C(O)C(COP(=O)(O)OCC[N+](C)(C)C)NC(=O)CCCCCCCCCCCCCC. The second kappa shape index (κ2) is 27.5. The number of hydrogen-bond donors (Lipinski definition) is 3. The number of aliphatic hydroxyl groups excluding tert-OH is 1. The molecule has 3 N–H and O–H groups in total. The second-order valence-electron chi connectivity index (χ2n) is 13.3. The highest BCUT2D eigenvalue weighted by atomic mass is 31.2. The lowest BCUT2D eigenvalue weighted by molar-refractivity contribution is -0.870. The smallest absolute Gasteiger partial charge is 0.387 e. The van der Waals surface area contributed by atoms with Gasteiger partial charge in [-0.15, -0.1) is 0 Å². The predicted molar refractivity (Wildman–Crippen MR) is 180 cm³/mol. The molecule has 9 heteroatoms. The number of rotatable bonds is 31. The lowest BCUT2D eigenvalue weighted by atomic mass is 10.0. The number of amides is 1. The molecule has 0 aliphatic heterocycles. The Kier molecular flexibility index (Phi) is 27.1. The van der Waals surface area contributed by atoms with Crippen molar-refractivity contribution in [3.63, 3.8) is 0 Å². The van der Waals surface area contributed by atoms with Crippen molar-refractivity contribution < 1.29 is 32.9 Å². The van der Waals surface area contributed by atoms with Crippen LogP contribution in [0.25, 0.3) is 0 Å². The van der Waals surface area contributed by atoms with Crippen LogP contribution in [0.2, 0.25) is 0 Å². The molecule has 1 amide bonds. The van der Waals surface area contributed by atoms with E-state index in [2.05, 4.69) is 19.2 Å². The number of likely N-dealkylation sites (N-methyl/N-ethyl adjacent to an activating group) is 1. The molecule has 256 valence electrons. The third-order valence-corrected chi connectivity index (χ3v) is 8.74. The van der Waals surface area contributed by atoms with Gasteiger partial charge in [0.05, 0.1) is 39.9 Å². The van der Waals surface area contributed by atoms with E-state index in [9.17, 15) is 19.4 Å². The second-order valence-corrected chi connectivity index (χ2v) is 14.7. The van der Waals surface area contributed by atoms with E-state index in [0.717, 1.165) is 38.5 Å². The molecule has 0 spiro atoms. The van der Waals surface area contributed by atoms with Crippen LogP contribution in [0.1, 0.15) is 149 Å². The third kappa shape index (κ3) is 29.7. The van der Waals surface area contributed by atoms with Gasteiger partial charge < -0.3 is 19.8 Å². The van der Waals surface area contributed by atoms with Gasteiger partial charge in [0.2, 0.25) is 5.91 Å². The summed E-state index contributed by atoms with van der Waals surface area (Å²) in [4.78, 5) is 22.8. The van der Waals surface area contributed by atoms with Crippen LogP contribution in [0.5, 0.6) is 0 Å². The first-order valence-corrected chi connectivity index (χ1v) is 19.1. The number of carbonyl (C=O) groups is 1. The number of nitrogens with one attached hydrogen (secondary N) is 1. The van der Waals surface area contributed by atoms with Crippen molar-refractivity contribution in [2.75, 3.05) is 40.9 Å². The van der Waals surface area contributed by atoms with Crippen molar-refractivity contribution in [2.24, 2.45) is 0 Å². The fraction of sp³-hybridized carbons (Fsp3) is 0.912. The van der Waals surface area contributed by atoms with Crippen LogP contribution in [0.4, 0.5) is 0 Å². The molecule has 0 saturated carbocycles. The number of aliphatic hydroxyl groups is 1. The zero-order valence-corrected chi connectivity index (χ0v) is 29.6. The Balaban J connectivity index is 4.56. The van der Waals surface area contributed by atoms with E-state index in [-0.39, 0.29) is 19.1 Å². The summed E-state index contributed by atoms with van der Waals surface area (Å²) in [6.45, 7) is 4.75. The quantitative estimate of drug-likeness (QED) is 0.0306. The molecule has 0 aliphatic carbocycles. The van der Waals surface area contributed by atoms with E-state index < -0.39 is 20.0 Å². The minimum absolute atomic E-state index is 0.0637. The van der Waals surface area contributed by atoms with Gasteiger partial charge in [0.1, 0.15) is 13.2 Å². The number of quaternary nitrogens is 1. The fourth-order valence-electron chi connectivity index (χ4n) is 4.86. The minimum Gasteiger partial charge on any atom is -0.387 e. The molecule has 0 bridgehead atoms. The van der Waals surface area contributed by atoms with Crippen LogP contribution in [0, 0.1) is 0 Å². The number of nitrogens with zero attached hydrogens (tertiary/aromatic N) is 1. The Morgan fingerprint density at radius 3 is 1.72 bits per heavy atom. The van der Waals surface area contributed by atoms with E-state index >= 15 is 0 Å². The summed E-state index contributed by atoms with van der Waals surface area (Å²) in [6, 6.07) is -0.836. The van der Waals surface area contributed by atoms with Crippen molar-refractivity contribution in [3.05, 3.63) is 12.2 Å². The van der Waals surface area contributed by atoms with Crippen LogP contribution in [-0.4, -0.2) is 73.4 Å². The summed E-state index contributed by atoms with van der Waals surface area (Å²) < 4.78 is 23.3. The topological polar surface area (TPSA) is 105 Å². The van der Waals surface area contributed by atoms with Gasteiger partial charge in [-0.1, -0.05) is 135 Å². The molecule has 0 heterocycles. The van der Waals surface area contributed by atoms with Crippen LogP contribution in [0.15, 0.2) is 12.2 Å². The van der Waals surface area contributed by atoms with Gasteiger partial charge in [0.25, 0.3) is 0 Å². The summed E-state index contributed by atoms with van der Waals surface area (Å²) in [5, 5.41) is 13.6. The molecule has 43 heavy (non-hydrogen) atoms. The Morgan fingerprint density at radius 1 is 0.767 bits per heavy atom. The van der Waals surface area contributed by atoms with Crippen LogP contribution >= 0.6 is 7.82 Å². The first-order valence-electron chi connectivity index (χ1n) is 17.6. The number of carbonyl (C=O) groups excluding carboxylic acids is 1. The third-order valence-electron chi connectivity index (χ3n) is 7.76. The maximum Gasteiger partial charge on any atom is 0.472 e. The normalized spacial score (nSPS) is 15.0. The molecule has 0 aromatic heterocycles. The van der Waals surface area contributed by atoms with E-state index in [4.69, 9.17) is 9.05 Å².